The Morgan fingerprint density at radius 2 is 2.18 bits per heavy atom. The van der Waals surface area contributed by atoms with Crippen LogP contribution in [-0.2, 0) is 4.79 Å². The standard InChI is InChI=1S/C11H21N3O2S/c1-14(5-2-10(12)13-16)11(15)8-9-3-6-17-7-4-9/h9,16H,2-8H2,1H3,(H2,12,13). The molecule has 1 heterocycles. The zero-order valence-corrected chi connectivity index (χ0v) is 11.1. The molecule has 0 atom stereocenters. The lowest BCUT2D eigenvalue weighted by Gasteiger charge is -2.24. The van der Waals surface area contributed by atoms with Crippen LogP contribution in [0.4, 0.5) is 0 Å². The number of thioether (sulfide) groups is 1. The zero-order valence-electron chi connectivity index (χ0n) is 10.3. The second-order valence-corrected chi connectivity index (χ2v) is 5.64. The first kappa shape index (κ1) is 14.2. The number of hydrogen-bond donors (Lipinski definition) is 2. The van der Waals surface area contributed by atoms with Gasteiger partial charge in [0.1, 0.15) is 5.84 Å². The Kier molecular flexibility index (Phi) is 6.18. The van der Waals surface area contributed by atoms with Gasteiger partial charge in [-0.05, 0) is 30.3 Å². The number of nitrogens with zero attached hydrogens (tertiary/aromatic N) is 2. The Bertz CT molecular complexity index is 278. The Morgan fingerprint density at radius 1 is 1.53 bits per heavy atom. The Balaban J connectivity index is 2.25. The molecule has 17 heavy (non-hydrogen) atoms. The van der Waals surface area contributed by atoms with E-state index in [1.54, 1.807) is 11.9 Å². The van der Waals surface area contributed by atoms with Crippen LogP contribution in [0.2, 0.25) is 0 Å². The van der Waals surface area contributed by atoms with E-state index in [9.17, 15) is 4.79 Å². The van der Waals surface area contributed by atoms with E-state index in [2.05, 4.69) is 5.16 Å². The molecule has 6 heteroatoms. The third-order valence-corrected chi connectivity index (χ3v) is 4.11. The molecule has 0 spiro atoms. The Morgan fingerprint density at radius 3 is 2.76 bits per heavy atom. The summed E-state index contributed by atoms with van der Waals surface area (Å²) in [4.78, 5) is 13.6. The quantitative estimate of drug-likeness (QED) is 0.335. The molecule has 0 unspecified atom stereocenters. The van der Waals surface area contributed by atoms with Crippen molar-refractivity contribution in [1.82, 2.24) is 4.90 Å². The number of carbonyl (C=O) groups is 1. The second kappa shape index (κ2) is 7.42. The number of carbonyl (C=O) groups excluding carboxylic acids is 1. The molecule has 1 aliphatic rings. The number of amides is 1. The van der Waals surface area contributed by atoms with Crippen LogP contribution in [-0.4, -0.2) is 46.9 Å². The smallest absolute Gasteiger partial charge is 0.222 e. The normalized spacial score (nSPS) is 18.1. The highest BCUT2D eigenvalue weighted by molar-refractivity contribution is 7.99. The zero-order chi connectivity index (χ0) is 12.7. The van der Waals surface area contributed by atoms with E-state index in [1.165, 1.54) is 11.5 Å². The molecule has 1 saturated heterocycles. The molecule has 3 N–H and O–H groups in total. The van der Waals surface area contributed by atoms with Crippen LogP contribution >= 0.6 is 11.8 Å². The molecule has 1 amide bonds. The van der Waals surface area contributed by atoms with E-state index in [0.717, 1.165) is 12.8 Å². The van der Waals surface area contributed by atoms with Crippen molar-refractivity contribution in [3.63, 3.8) is 0 Å². The fourth-order valence-corrected chi connectivity index (χ4v) is 3.01. The average molecular weight is 259 g/mol. The van der Waals surface area contributed by atoms with Crippen LogP contribution < -0.4 is 5.73 Å². The van der Waals surface area contributed by atoms with Gasteiger partial charge < -0.3 is 15.8 Å². The third kappa shape index (κ3) is 5.30. The number of amidine groups is 1. The summed E-state index contributed by atoms with van der Waals surface area (Å²) in [5, 5.41) is 11.3. The van der Waals surface area contributed by atoms with Crippen molar-refractivity contribution in [2.24, 2.45) is 16.8 Å². The fourth-order valence-electron chi connectivity index (χ4n) is 1.81. The van der Waals surface area contributed by atoms with E-state index in [1.807, 2.05) is 11.8 Å². The van der Waals surface area contributed by atoms with E-state index < -0.39 is 0 Å². The minimum atomic E-state index is 0.160. The Labute approximate surface area is 106 Å². The lowest BCUT2D eigenvalue weighted by Crippen LogP contribution is -2.32. The van der Waals surface area contributed by atoms with Crippen molar-refractivity contribution < 1.29 is 10.0 Å². The van der Waals surface area contributed by atoms with Crippen molar-refractivity contribution in [3.8, 4) is 0 Å². The van der Waals surface area contributed by atoms with Crippen molar-refractivity contribution in [2.75, 3.05) is 25.1 Å². The number of oxime groups is 1. The molecule has 0 radical (unpaired) electrons. The molecule has 5 nitrogen and oxygen atoms in total. The van der Waals surface area contributed by atoms with Gasteiger partial charge in [0.2, 0.25) is 5.91 Å². The van der Waals surface area contributed by atoms with Crippen molar-refractivity contribution >= 4 is 23.5 Å². The average Bonchev–Trinajstić information content (AvgIpc) is 2.36. The van der Waals surface area contributed by atoms with Crippen LogP contribution in [0, 0.1) is 5.92 Å². The lowest BCUT2D eigenvalue weighted by molar-refractivity contribution is -0.130. The van der Waals surface area contributed by atoms with E-state index in [0.29, 0.717) is 25.3 Å². The van der Waals surface area contributed by atoms with Crippen LogP contribution in [0.15, 0.2) is 5.16 Å². The summed E-state index contributed by atoms with van der Waals surface area (Å²) >= 11 is 1.97. The van der Waals surface area contributed by atoms with Crippen LogP contribution in [0.25, 0.3) is 0 Å². The predicted molar refractivity (Wildman–Crippen MR) is 70.3 cm³/mol. The highest BCUT2D eigenvalue weighted by Gasteiger charge is 2.19. The summed E-state index contributed by atoms with van der Waals surface area (Å²) in [6, 6.07) is 0. The number of nitrogens with two attached hydrogens (primary N) is 1. The number of rotatable bonds is 5. The van der Waals surface area contributed by atoms with Crippen molar-refractivity contribution in [1.29, 1.82) is 0 Å². The highest BCUT2D eigenvalue weighted by Crippen LogP contribution is 2.25. The summed E-state index contributed by atoms with van der Waals surface area (Å²) in [6.07, 6.45) is 3.33. The SMILES string of the molecule is CN(CCC(N)=NO)C(=O)CC1CCSCC1. The van der Waals surface area contributed by atoms with Gasteiger partial charge >= 0.3 is 0 Å². The van der Waals surface area contributed by atoms with Crippen LogP contribution in [0.5, 0.6) is 0 Å². The highest BCUT2D eigenvalue weighted by atomic mass is 32.2. The molecular weight excluding hydrogens is 238 g/mol. The number of hydrogen-bond acceptors (Lipinski definition) is 4. The van der Waals surface area contributed by atoms with Gasteiger partial charge in [-0.1, -0.05) is 5.16 Å². The molecule has 1 rings (SSSR count). The molecule has 0 aromatic heterocycles. The summed E-state index contributed by atoms with van der Waals surface area (Å²) in [5.41, 5.74) is 5.36. The fraction of sp³-hybridized carbons (Fsp3) is 0.818. The van der Waals surface area contributed by atoms with E-state index >= 15 is 0 Å². The van der Waals surface area contributed by atoms with Gasteiger partial charge in [-0.3, -0.25) is 4.79 Å². The van der Waals surface area contributed by atoms with Crippen LogP contribution in [0.1, 0.15) is 25.7 Å². The van der Waals surface area contributed by atoms with Gasteiger partial charge in [0.15, 0.2) is 0 Å². The van der Waals surface area contributed by atoms with Gasteiger partial charge in [-0.2, -0.15) is 11.8 Å². The van der Waals surface area contributed by atoms with Gasteiger partial charge in [0.25, 0.3) is 0 Å². The van der Waals surface area contributed by atoms with Gasteiger partial charge in [0, 0.05) is 26.4 Å². The molecule has 1 fully saturated rings. The topological polar surface area (TPSA) is 78.9 Å². The molecule has 0 aliphatic carbocycles. The molecular formula is C11H21N3O2S. The molecule has 0 bridgehead atoms. The maximum atomic E-state index is 11.9. The predicted octanol–water partition coefficient (Wildman–Crippen LogP) is 1.11. The van der Waals surface area contributed by atoms with Crippen molar-refractivity contribution in [3.05, 3.63) is 0 Å². The Hall–Kier alpha value is -0.910. The minimum Gasteiger partial charge on any atom is -0.409 e. The van der Waals surface area contributed by atoms with Crippen LogP contribution in [0.3, 0.4) is 0 Å². The van der Waals surface area contributed by atoms with Gasteiger partial charge in [-0.25, -0.2) is 0 Å². The van der Waals surface area contributed by atoms with Crippen molar-refractivity contribution in [2.45, 2.75) is 25.7 Å². The molecule has 0 saturated carbocycles. The second-order valence-electron chi connectivity index (χ2n) is 4.42. The largest absolute Gasteiger partial charge is 0.409 e. The first-order chi connectivity index (χ1) is 8.13. The van der Waals surface area contributed by atoms with E-state index in [-0.39, 0.29) is 11.7 Å². The summed E-state index contributed by atoms with van der Waals surface area (Å²) in [5.74, 6) is 3.21. The third-order valence-electron chi connectivity index (χ3n) is 3.06. The molecule has 98 valence electrons. The monoisotopic (exact) mass is 259 g/mol. The maximum absolute atomic E-state index is 11.9. The first-order valence-electron chi connectivity index (χ1n) is 5.91. The molecule has 0 aromatic rings. The van der Waals surface area contributed by atoms with E-state index in [4.69, 9.17) is 10.9 Å². The lowest BCUT2D eigenvalue weighted by atomic mass is 9.98. The first-order valence-corrected chi connectivity index (χ1v) is 7.07. The van der Waals surface area contributed by atoms with Gasteiger partial charge in [0.05, 0.1) is 0 Å². The summed E-state index contributed by atoms with van der Waals surface area (Å²) in [6.45, 7) is 0.510. The molecule has 1 aliphatic heterocycles. The van der Waals surface area contributed by atoms with Gasteiger partial charge in [-0.15, -0.1) is 0 Å². The minimum absolute atomic E-state index is 0.160. The molecule has 0 aromatic carbocycles. The summed E-state index contributed by atoms with van der Waals surface area (Å²) in [7, 11) is 1.77. The summed E-state index contributed by atoms with van der Waals surface area (Å²) < 4.78 is 0. The maximum Gasteiger partial charge on any atom is 0.222 e.